The van der Waals surface area contributed by atoms with Crippen molar-refractivity contribution in [3.8, 4) is 0 Å². The van der Waals surface area contributed by atoms with Crippen molar-refractivity contribution in [2.24, 2.45) is 0 Å². The van der Waals surface area contributed by atoms with Crippen molar-refractivity contribution in [3.63, 3.8) is 0 Å². The number of benzene rings is 1. The highest BCUT2D eigenvalue weighted by Gasteiger charge is 2.22. The highest BCUT2D eigenvalue weighted by molar-refractivity contribution is 9.10. The van der Waals surface area contributed by atoms with Gasteiger partial charge in [0.25, 0.3) is 0 Å². The van der Waals surface area contributed by atoms with E-state index in [0.717, 1.165) is 20.3 Å². The average Bonchev–Trinajstić information content (AvgIpc) is 2.70. The quantitative estimate of drug-likeness (QED) is 0.800. The molecule has 0 amide bonds. The Balaban J connectivity index is 2.54. The molecule has 2 aromatic rings. The fourth-order valence-corrected chi connectivity index (χ4v) is 4.12. The molecule has 1 nitrogen and oxygen atoms in total. The van der Waals surface area contributed by atoms with Crippen LogP contribution in [0.15, 0.2) is 22.7 Å². The van der Waals surface area contributed by atoms with Gasteiger partial charge in [0.05, 0.1) is 6.04 Å². The van der Waals surface area contributed by atoms with Gasteiger partial charge < -0.3 is 5.32 Å². The number of thiophene rings is 1. The second-order valence-corrected chi connectivity index (χ2v) is 6.83. The van der Waals surface area contributed by atoms with Gasteiger partial charge in [0, 0.05) is 25.9 Å². The van der Waals surface area contributed by atoms with Crippen LogP contribution in [0.1, 0.15) is 33.8 Å². The van der Waals surface area contributed by atoms with Crippen LogP contribution in [0, 0.1) is 25.5 Å². The lowest BCUT2D eigenvalue weighted by Gasteiger charge is -2.19. The van der Waals surface area contributed by atoms with Gasteiger partial charge in [-0.15, -0.1) is 11.3 Å². The van der Waals surface area contributed by atoms with E-state index < -0.39 is 11.6 Å². The molecule has 20 heavy (non-hydrogen) atoms. The fourth-order valence-electron chi connectivity index (χ4n) is 2.15. The van der Waals surface area contributed by atoms with E-state index in [4.69, 9.17) is 0 Å². The molecule has 0 aliphatic rings. The largest absolute Gasteiger partial charge is 0.306 e. The maximum absolute atomic E-state index is 14.1. The van der Waals surface area contributed by atoms with Crippen LogP contribution < -0.4 is 5.32 Å². The summed E-state index contributed by atoms with van der Waals surface area (Å²) in [5, 5.41) is 3.27. The van der Waals surface area contributed by atoms with E-state index in [9.17, 15) is 8.78 Å². The average molecular weight is 360 g/mol. The molecular weight excluding hydrogens is 344 g/mol. The summed E-state index contributed by atoms with van der Waals surface area (Å²) in [6.07, 6.45) is 0. The second-order valence-electron chi connectivity index (χ2n) is 4.68. The van der Waals surface area contributed by atoms with Gasteiger partial charge in [-0.3, -0.25) is 0 Å². The number of hydrogen-bond acceptors (Lipinski definition) is 2. The predicted molar refractivity (Wildman–Crippen MR) is 83.4 cm³/mol. The maximum atomic E-state index is 14.1. The molecule has 0 aliphatic carbocycles. The molecule has 0 spiro atoms. The monoisotopic (exact) mass is 359 g/mol. The van der Waals surface area contributed by atoms with Crippen molar-refractivity contribution in [2.75, 3.05) is 6.54 Å². The molecule has 1 heterocycles. The molecule has 1 atom stereocenters. The zero-order chi connectivity index (χ0) is 14.9. The van der Waals surface area contributed by atoms with Gasteiger partial charge in [0.15, 0.2) is 0 Å². The molecule has 1 unspecified atom stereocenters. The van der Waals surface area contributed by atoms with Crippen LogP contribution in [-0.4, -0.2) is 6.54 Å². The Hall–Kier alpha value is -0.780. The van der Waals surface area contributed by atoms with Gasteiger partial charge in [-0.05, 0) is 54.0 Å². The number of nitrogens with one attached hydrogen (secondary N) is 1. The van der Waals surface area contributed by atoms with Gasteiger partial charge in [-0.25, -0.2) is 8.78 Å². The van der Waals surface area contributed by atoms with Crippen molar-refractivity contribution < 1.29 is 8.78 Å². The number of halogens is 3. The predicted octanol–water partition coefficient (Wildman–Crippen LogP) is 5.10. The Kier molecular flexibility index (Phi) is 4.94. The Bertz CT molecular complexity index is 625. The minimum absolute atomic E-state index is 0.271. The van der Waals surface area contributed by atoms with Gasteiger partial charge >= 0.3 is 0 Å². The summed E-state index contributed by atoms with van der Waals surface area (Å²) in [5.74, 6) is -1.03. The van der Waals surface area contributed by atoms with E-state index >= 15 is 0 Å². The normalized spacial score (nSPS) is 12.7. The van der Waals surface area contributed by atoms with E-state index in [-0.39, 0.29) is 6.04 Å². The van der Waals surface area contributed by atoms with Crippen LogP contribution in [0.3, 0.4) is 0 Å². The lowest BCUT2D eigenvalue weighted by molar-refractivity contribution is 0.540. The minimum atomic E-state index is -0.517. The Morgan fingerprint density at radius 1 is 1.20 bits per heavy atom. The van der Waals surface area contributed by atoms with Crippen LogP contribution in [-0.2, 0) is 0 Å². The standard InChI is InChI=1S/C15H16BrF2NS/c1-4-19-14(15-11(16)6-9(3)20-15)10-5-8(2)12(17)7-13(10)18/h5-7,14,19H,4H2,1-3H3. The number of aryl methyl sites for hydroxylation is 2. The zero-order valence-electron chi connectivity index (χ0n) is 11.6. The van der Waals surface area contributed by atoms with Crippen LogP contribution in [0.5, 0.6) is 0 Å². The van der Waals surface area contributed by atoms with Gasteiger partial charge in [0.2, 0.25) is 0 Å². The second kappa shape index (κ2) is 6.33. The van der Waals surface area contributed by atoms with Crippen molar-refractivity contribution >= 4 is 27.3 Å². The third kappa shape index (κ3) is 3.10. The third-order valence-electron chi connectivity index (χ3n) is 3.10. The number of rotatable bonds is 4. The fraction of sp³-hybridized carbons (Fsp3) is 0.333. The van der Waals surface area contributed by atoms with Gasteiger partial charge in [-0.1, -0.05) is 6.92 Å². The van der Waals surface area contributed by atoms with Crippen LogP contribution >= 0.6 is 27.3 Å². The Morgan fingerprint density at radius 3 is 2.45 bits per heavy atom. The Labute approximate surface area is 130 Å². The third-order valence-corrected chi connectivity index (χ3v) is 5.13. The van der Waals surface area contributed by atoms with Gasteiger partial charge in [-0.2, -0.15) is 0 Å². The topological polar surface area (TPSA) is 12.0 Å². The van der Waals surface area contributed by atoms with Crippen LogP contribution in [0.2, 0.25) is 0 Å². The molecule has 1 aromatic carbocycles. The van der Waals surface area contributed by atoms with E-state index in [1.54, 1.807) is 24.3 Å². The summed E-state index contributed by atoms with van der Waals surface area (Å²) >= 11 is 5.12. The minimum Gasteiger partial charge on any atom is -0.306 e. The summed E-state index contributed by atoms with van der Waals surface area (Å²) in [7, 11) is 0. The summed E-state index contributed by atoms with van der Waals surface area (Å²) in [6.45, 7) is 6.32. The number of hydrogen-bond donors (Lipinski definition) is 1. The maximum Gasteiger partial charge on any atom is 0.131 e. The summed E-state index contributed by atoms with van der Waals surface area (Å²) in [4.78, 5) is 2.16. The van der Waals surface area contributed by atoms with E-state index in [2.05, 4.69) is 21.2 Å². The molecule has 2 rings (SSSR count). The molecule has 0 saturated heterocycles. The molecule has 0 aliphatic heterocycles. The molecule has 1 N–H and O–H groups in total. The van der Waals surface area contributed by atoms with E-state index in [0.29, 0.717) is 17.7 Å². The summed E-state index contributed by atoms with van der Waals surface area (Å²) < 4.78 is 28.5. The summed E-state index contributed by atoms with van der Waals surface area (Å²) in [6, 6.07) is 4.29. The lowest BCUT2D eigenvalue weighted by Crippen LogP contribution is -2.22. The van der Waals surface area contributed by atoms with Gasteiger partial charge in [0.1, 0.15) is 11.6 Å². The Morgan fingerprint density at radius 2 is 1.90 bits per heavy atom. The van der Waals surface area contributed by atoms with Crippen LogP contribution in [0.25, 0.3) is 0 Å². The molecule has 1 aromatic heterocycles. The highest BCUT2D eigenvalue weighted by Crippen LogP contribution is 2.36. The first-order valence-electron chi connectivity index (χ1n) is 6.38. The van der Waals surface area contributed by atoms with E-state index in [1.807, 2.05) is 19.9 Å². The first-order valence-corrected chi connectivity index (χ1v) is 7.99. The molecule has 0 fully saturated rings. The molecule has 0 saturated carbocycles. The van der Waals surface area contributed by atoms with Crippen molar-refractivity contribution in [3.05, 3.63) is 55.2 Å². The first-order chi connectivity index (χ1) is 9.43. The zero-order valence-corrected chi connectivity index (χ0v) is 14.0. The van der Waals surface area contributed by atoms with Crippen LogP contribution in [0.4, 0.5) is 8.78 Å². The molecular formula is C15H16BrF2NS. The first kappa shape index (κ1) is 15.6. The lowest BCUT2D eigenvalue weighted by atomic mass is 10.0. The highest BCUT2D eigenvalue weighted by atomic mass is 79.9. The van der Waals surface area contributed by atoms with Crippen molar-refractivity contribution in [1.29, 1.82) is 0 Å². The molecule has 0 radical (unpaired) electrons. The van der Waals surface area contributed by atoms with Crippen molar-refractivity contribution in [2.45, 2.75) is 26.8 Å². The van der Waals surface area contributed by atoms with Crippen molar-refractivity contribution in [1.82, 2.24) is 5.32 Å². The van der Waals surface area contributed by atoms with E-state index in [1.165, 1.54) is 0 Å². The SMILES string of the molecule is CCNC(c1cc(C)c(F)cc1F)c1sc(C)cc1Br. The molecule has 0 bridgehead atoms. The molecule has 5 heteroatoms. The smallest absolute Gasteiger partial charge is 0.131 e. The molecule has 108 valence electrons. The summed E-state index contributed by atoms with van der Waals surface area (Å²) in [5.41, 5.74) is 0.932.